The van der Waals surface area contributed by atoms with E-state index in [-0.39, 0.29) is 19.0 Å². The maximum absolute atomic E-state index is 11.5. The Bertz CT molecular complexity index is 250. The van der Waals surface area contributed by atoms with Crippen molar-refractivity contribution in [3.63, 3.8) is 0 Å². The molecule has 16 heavy (non-hydrogen) atoms. The molecule has 0 radical (unpaired) electrons. The van der Waals surface area contributed by atoms with E-state index in [2.05, 4.69) is 5.32 Å². The van der Waals surface area contributed by atoms with Crippen molar-refractivity contribution in [2.45, 2.75) is 32.1 Å². The molecule has 2 N–H and O–H groups in total. The summed E-state index contributed by atoms with van der Waals surface area (Å²) in [5, 5.41) is 11.0. The minimum Gasteiger partial charge on any atom is -0.481 e. The first-order valence-electron chi connectivity index (χ1n) is 5.80. The van der Waals surface area contributed by atoms with E-state index in [4.69, 9.17) is 5.11 Å². The van der Waals surface area contributed by atoms with Crippen molar-refractivity contribution >= 4 is 12.0 Å². The molecule has 0 bridgehead atoms. The van der Waals surface area contributed by atoms with Crippen molar-refractivity contribution in [3.05, 3.63) is 0 Å². The van der Waals surface area contributed by atoms with E-state index < -0.39 is 5.97 Å². The molecule has 5 nitrogen and oxygen atoms in total. The third-order valence-corrected chi connectivity index (χ3v) is 2.97. The highest BCUT2D eigenvalue weighted by atomic mass is 16.4. The summed E-state index contributed by atoms with van der Waals surface area (Å²) in [6.07, 6.45) is 4.90. The zero-order chi connectivity index (χ0) is 12.0. The number of carboxylic acid groups (broad SMARTS) is 1. The van der Waals surface area contributed by atoms with Crippen LogP contribution in [0.3, 0.4) is 0 Å². The summed E-state index contributed by atoms with van der Waals surface area (Å²) in [6.45, 7) is 0.974. The summed E-state index contributed by atoms with van der Waals surface area (Å²) in [7, 11) is 1.76. The van der Waals surface area contributed by atoms with Gasteiger partial charge < -0.3 is 15.3 Å². The topological polar surface area (TPSA) is 69.6 Å². The number of nitrogens with zero attached hydrogens (tertiary/aromatic N) is 1. The number of amides is 2. The standard InChI is InChI=1S/C11H20N2O3/c1-13(8-9-4-2-3-5-9)11(16)12-7-6-10(14)15/h9H,2-8H2,1H3,(H,12,16)(H,14,15). The SMILES string of the molecule is CN(CC1CCCC1)C(=O)NCCC(=O)O. The summed E-state index contributed by atoms with van der Waals surface area (Å²) < 4.78 is 0. The van der Waals surface area contributed by atoms with Crippen molar-refractivity contribution in [2.24, 2.45) is 5.92 Å². The average molecular weight is 228 g/mol. The molecule has 1 aliphatic carbocycles. The monoisotopic (exact) mass is 228 g/mol. The maximum atomic E-state index is 11.5. The summed E-state index contributed by atoms with van der Waals surface area (Å²) in [5.74, 6) is -0.269. The van der Waals surface area contributed by atoms with E-state index in [0.29, 0.717) is 5.92 Å². The number of hydrogen-bond donors (Lipinski definition) is 2. The molecule has 0 aromatic rings. The molecule has 5 heteroatoms. The molecule has 0 heterocycles. The summed E-state index contributed by atoms with van der Waals surface area (Å²) in [6, 6.07) is -0.173. The van der Waals surface area contributed by atoms with Gasteiger partial charge in [0.2, 0.25) is 0 Å². The van der Waals surface area contributed by atoms with Crippen molar-refractivity contribution in [2.75, 3.05) is 20.1 Å². The Morgan fingerprint density at radius 1 is 1.38 bits per heavy atom. The van der Waals surface area contributed by atoms with Crippen LogP contribution < -0.4 is 5.32 Å². The van der Waals surface area contributed by atoms with Gasteiger partial charge in [-0.15, -0.1) is 0 Å². The molecular formula is C11H20N2O3. The van der Waals surface area contributed by atoms with Gasteiger partial charge in [-0.2, -0.15) is 0 Å². The molecule has 0 aromatic heterocycles. The van der Waals surface area contributed by atoms with Crippen LogP contribution in [0, 0.1) is 5.92 Å². The first kappa shape index (κ1) is 12.8. The minimum atomic E-state index is -0.890. The Kier molecular flexibility index (Phi) is 5.08. The molecule has 0 saturated heterocycles. The van der Waals surface area contributed by atoms with E-state index in [0.717, 1.165) is 6.54 Å². The van der Waals surface area contributed by atoms with E-state index in [1.54, 1.807) is 11.9 Å². The molecule has 2 amide bonds. The Morgan fingerprint density at radius 2 is 2.00 bits per heavy atom. The molecule has 0 spiro atoms. The fourth-order valence-corrected chi connectivity index (χ4v) is 2.07. The van der Waals surface area contributed by atoms with Crippen molar-refractivity contribution < 1.29 is 14.7 Å². The molecule has 1 rings (SSSR count). The smallest absolute Gasteiger partial charge is 0.317 e. The Balaban J connectivity index is 2.16. The molecule has 0 unspecified atom stereocenters. The zero-order valence-corrected chi connectivity index (χ0v) is 9.74. The molecule has 0 atom stereocenters. The largest absolute Gasteiger partial charge is 0.481 e. The predicted molar refractivity (Wildman–Crippen MR) is 60.2 cm³/mol. The fourth-order valence-electron chi connectivity index (χ4n) is 2.07. The molecule has 0 aromatic carbocycles. The lowest BCUT2D eigenvalue weighted by atomic mass is 10.1. The maximum Gasteiger partial charge on any atom is 0.317 e. The highest BCUT2D eigenvalue weighted by Gasteiger charge is 2.19. The number of urea groups is 1. The molecule has 1 saturated carbocycles. The van der Waals surface area contributed by atoms with Crippen LogP contribution in [0.5, 0.6) is 0 Å². The Labute approximate surface area is 95.8 Å². The number of aliphatic carboxylic acids is 1. The second-order valence-corrected chi connectivity index (χ2v) is 4.41. The molecule has 92 valence electrons. The van der Waals surface area contributed by atoms with Crippen molar-refractivity contribution in [3.8, 4) is 0 Å². The first-order valence-corrected chi connectivity index (χ1v) is 5.80. The second kappa shape index (κ2) is 6.35. The van der Waals surface area contributed by atoms with Crippen LogP contribution >= 0.6 is 0 Å². The van der Waals surface area contributed by atoms with Gasteiger partial charge in [0.25, 0.3) is 0 Å². The number of rotatable bonds is 5. The van der Waals surface area contributed by atoms with E-state index in [1.165, 1.54) is 25.7 Å². The van der Waals surface area contributed by atoms with Crippen LogP contribution in [-0.4, -0.2) is 42.1 Å². The lowest BCUT2D eigenvalue weighted by Crippen LogP contribution is -2.40. The van der Waals surface area contributed by atoms with Gasteiger partial charge in [-0.1, -0.05) is 12.8 Å². The normalized spacial score (nSPS) is 16.1. The van der Waals surface area contributed by atoms with Gasteiger partial charge in [-0.3, -0.25) is 4.79 Å². The van der Waals surface area contributed by atoms with Crippen LogP contribution in [0.1, 0.15) is 32.1 Å². The summed E-state index contributed by atoms with van der Waals surface area (Å²) in [4.78, 5) is 23.4. The molecule has 1 aliphatic rings. The van der Waals surface area contributed by atoms with Crippen LogP contribution in [0.25, 0.3) is 0 Å². The third kappa shape index (κ3) is 4.51. The lowest BCUT2D eigenvalue weighted by molar-refractivity contribution is -0.136. The summed E-state index contributed by atoms with van der Waals surface area (Å²) in [5.41, 5.74) is 0. The Morgan fingerprint density at radius 3 is 2.56 bits per heavy atom. The summed E-state index contributed by atoms with van der Waals surface area (Å²) >= 11 is 0. The predicted octanol–water partition coefficient (Wildman–Crippen LogP) is 1.29. The number of carbonyl (C=O) groups excluding carboxylic acids is 1. The van der Waals surface area contributed by atoms with Gasteiger partial charge in [-0.25, -0.2) is 4.79 Å². The molecular weight excluding hydrogens is 208 g/mol. The van der Waals surface area contributed by atoms with E-state index in [1.807, 2.05) is 0 Å². The highest BCUT2D eigenvalue weighted by molar-refractivity contribution is 5.74. The van der Waals surface area contributed by atoms with E-state index in [9.17, 15) is 9.59 Å². The minimum absolute atomic E-state index is 0.0248. The van der Waals surface area contributed by atoms with Crippen LogP contribution in [0.4, 0.5) is 4.79 Å². The zero-order valence-electron chi connectivity index (χ0n) is 9.74. The van der Waals surface area contributed by atoms with Crippen LogP contribution in [-0.2, 0) is 4.79 Å². The van der Waals surface area contributed by atoms with Gasteiger partial charge in [0, 0.05) is 20.1 Å². The van der Waals surface area contributed by atoms with Gasteiger partial charge in [-0.05, 0) is 18.8 Å². The van der Waals surface area contributed by atoms with Gasteiger partial charge in [0.15, 0.2) is 0 Å². The Hall–Kier alpha value is -1.26. The van der Waals surface area contributed by atoms with Crippen molar-refractivity contribution in [1.82, 2.24) is 10.2 Å². The number of carboxylic acids is 1. The second-order valence-electron chi connectivity index (χ2n) is 4.41. The average Bonchev–Trinajstić information content (AvgIpc) is 2.69. The van der Waals surface area contributed by atoms with Crippen molar-refractivity contribution in [1.29, 1.82) is 0 Å². The molecule has 1 fully saturated rings. The van der Waals surface area contributed by atoms with E-state index >= 15 is 0 Å². The third-order valence-electron chi connectivity index (χ3n) is 2.97. The highest BCUT2D eigenvalue weighted by Crippen LogP contribution is 2.24. The van der Waals surface area contributed by atoms with Crippen LogP contribution in [0.15, 0.2) is 0 Å². The lowest BCUT2D eigenvalue weighted by Gasteiger charge is -2.21. The fraction of sp³-hybridized carbons (Fsp3) is 0.818. The first-order chi connectivity index (χ1) is 7.59. The number of hydrogen-bond acceptors (Lipinski definition) is 2. The molecule has 0 aliphatic heterocycles. The quantitative estimate of drug-likeness (QED) is 0.745. The number of carbonyl (C=O) groups is 2. The van der Waals surface area contributed by atoms with Gasteiger partial charge >= 0.3 is 12.0 Å². The van der Waals surface area contributed by atoms with Gasteiger partial charge in [0.05, 0.1) is 6.42 Å². The number of nitrogens with one attached hydrogen (secondary N) is 1. The van der Waals surface area contributed by atoms with Crippen LogP contribution in [0.2, 0.25) is 0 Å². The van der Waals surface area contributed by atoms with Gasteiger partial charge in [0.1, 0.15) is 0 Å².